The number of Topliss-reactive ketones (excluding diaryl/α,β-unsaturated/α-hetero) is 1. The van der Waals surface area contributed by atoms with Crippen molar-refractivity contribution in [2.24, 2.45) is 17.8 Å². The van der Waals surface area contributed by atoms with Gasteiger partial charge in [-0.25, -0.2) is 0 Å². The molecule has 3 rings (SSSR count). The molecule has 0 saturated heterocycles. The molecular weight excluding hydrogens is 148 g/mol. The van der Waals surface area contributed by atoms with E-state index in [1.807, 2.05) is 0 Å². The zero-order valence-electron chi connectivity index (χ0n) is 7.25. The van der Waals surface area contributed by atoms with Crippen LogP contribution in [0, 0.1) is 17.8 Å². The first-order chi connectivity index (χ1) is 5.84. The summed E-state index contributed by atoms with van der Waals surface area (Å²) in [6.45, 7) is 0. The van der Waals surface area contributed by atoms with Gasteiger partial charge >= 0.3 is 0 Å². The normalized spacial score (nSPS) is 44.5. The second kappa shape index (κ2) is 2.21. The van der Waals surface area contributed by atoms with Crippen LogP contribution in [0.25, 0.3) is 0 Å². The van der Waals surface area contributed by atoms with E-state index >= 15 is 0 Å². The Kier molecular flexibility index (Phi) is 1.27. The Morgan fingerprint density at radius 1 is 1.33 bits per heavy atom. The Bertz CT molecular complexity index is 264. The summed E-state index contributed by atoms with van der Waals surface area (Å²) in [7, 11) is 0. The number of hydrogen-bond acceptors (Lipinski definition) is 1. The Hall–Kier alpha value is -0.590. The van der Waals surface area contributed by atoms with Crippen LogP contribution in [-0.2, 0) is 4.79 Å². The Labute approximate surface area is 72.8 Å². The highest BCUT2D eigenvalue weighted by Crippen LogP contribution is 2.52. The molecule has 3 aliphatic carbocycles. The van der Waals surface area contributed by atoms with Crippen LogP contribution in [0.4, 0.5) is 0 Å². The lowest BCUT2D eigenvalue weighted by Crippen LogP contribution is -1.99. The molecule has 2 saturated carbocycles. The molecule has 0 radical (unpaired) electrons. The molecular formula is C11H14O. The first kappa shape index (κ1) is 6.88. The maximum Gasteiger partial charge on any atom is 0.133 e. The number of carbonyl (C=O) groups is 1. The summed E-state index contributed by atoms with van der Waals surface area (Å²) in [5.74, 6) is 2.82. The van der Waals surface area contributed by atoms with Gasteiger partial charge in [0.25, 0.3) is 0 Å². The van der Waals surface area contributed by atoms with Crippen molar-refractivity contribution < 1.29 is 4.79 Å². The molecule has 0 bridgehead atoms. The molecule has 0 unspecified atom stereocenters. The van der Waals surface area contributed by atoms with Crippen LogP contribution in [0.5, 0.6) is 0 Å². The molecule has 0 spiro atoms. The van der Waals surface area contributed by atoms with Crippen molar-refractivity contribution in [2.75, 3.05) is 0 Å². The van der Waals surface area contributed by atoms with Crippen LogP contribution in [0.2, 0.25) is 0 Å². The van der Waals surface area contributed by atoms with Gasteiger partial charge in [0, 0.05) is 12.8 Å². The van der Waals surface area contributed by atoms with Gasteiger partial charge in [-0.05, 0) is 37.0 Å². The van der Waals surface area contributed by atoms with Crippen molar-refractivity contribution in [1.29, 1.82) is 0 Å². The molecule has 0 N–H and O–H groups in total. The average Bonchev–Trinajstić information content (AvgIpc) is 2.59. The lowest BCUT2D eigenvalue weighted by atomic mass is 9.97. The standard InChI is InChI=1S/C11H14O/c12-9-5-8-4-7-2-1-3-10(7)11(8)6-9/h3,7-8,11H,1-2,4-6H2/t7-,8+,11-/m0/s1. The van der Waals surface area contributed by atoms with E-state index in [1.54, 1.807) is 5.57 Å². The smallest absolute Gasteiger partial charge is 0.133 e. The van der Waals surface area contributed by atoms with Gasteiger partial charge in [-0.15, -0.1) is 0 Å². The number of carbonyl (C=O) groups excluding carboxylic acids is 1. The van der Waals surface area contributed by atoms with Crippen LogP contribution >= 0.6 is 0 Å². The van der Waals surface area contributed by atoms with E-state index in [0.717, 1.165) is 24.7 Å². The Balaban J connectivity index is 1.93. The molecule has 2 fully saturated rings. The maximum absolute atomic E-state index is 11.2. The molecule has 12 heavy (non-hydrogen) atoms. The zero-order valence-corrected chi connectivity index (χ0v) is 7.25. The minimum atomic E-state index is 0.510. The average molecular weight is 162 g/mol. The predicted molar refractivity (Wildman–Crippen MR) is 46.6 cm³/mol. The second-order valence-corrected chi connectivity index (χ2v) is 4.53. The number of allylic oxidation sites excluding steroid dienone is 2. The van der Waals surface area contributed by atoms with Crippen LogP contribution in [0.15, 0.2) is 11.6 Å². The first-order valence-electron chi connectivity index (χ1n) is 5.06. The molecule has 1 nitrogen and oxygen atoms in total. The van der Waals surface area contributed by atoms with E-state index < -0.39 is 0 Å². The van der Waals surface area contributed by atoms with Crippen molar-refractivity contribution >= 4 is 5.78 Å². The first-order valence-corrected chi connectivity index (χ1v) is 5.06. The van der Waals surface area contributed by atoms with E-state index in [0.29, 0.717) is 11.7 Å². The second-order valence-electron chi connectivity index (χ2n) is 4.53. The molecule has 1 heteroatoms. The van der Waals surface area contributed by atoms with E-state index in [2.05, 4.69) is 6.08 Å². The van der Waals surface area contributed by atoms with Crippen LogP contribution in [0.3, 0.4) is 0 Å². The summed E-state index contributed by atoms with van der Waals surface area (Å²) < 4.78 is 0. The largest absolute Gasteiger partial charge is 0.300 e. The molecule has 3 atom stereocenters. The minimum Gasteiger partial charge on any atom is -0.300 e. The Morgan fingerprint density at radius 3 is 3.17 bits per heavy atom. The van der Waals surface area contributed by atoms with Gasteiger partial charge in [-0.3, -0.25) is 4.79 Å². The number of rotatable bonds is 0. The number of hydrogen-bond donors (Lipinski definition) is 0. The maximum atomic E-state index is 11.2. The third-order valence-corrected chi connectivity index (χ3v) is 3.89. The fraction of sp³-hybridized carbons (Fsp3) is 0.727. The zero-order chi connectivity index (χ0) is 8.13. The topological polar surface area (TPSA) is 17.1 Å². The molecule has 0 aromatic carbocycles. The highest BCUT2D eigenvalue weighted by atomic mass is 16.1. The van der Waals surface area contributed by atoms with Crippen LogP contribution < -0.4 is 0 Å². The molecule has 0 heterocycles. The lowest BCUT2D eigenvalue weighted by Gasteiger charge is -2.07. The van der Waals surface area contributed by atoms with Crippen molar-refractivity contribution in [3.63, 3.8) is 0 Å². The fourth-order valence-electron chi connectivity index (χ4n) is 3.43. The third-order valence-electron chi connectivity index (χ3n) is 3.89. The van der Waals surface area contributed by atoms with Gasteiger partial charge < -0.3 is 0 Å². The summed E-state index contributed by atoms with van der Waals surface area (Å²) in [6.07, 6.45) is 8.13. The minimum absolute atomic E-state index is 0.510. The van der Waals surface area contributed by atoms with Crippen molar-refractivity contribution in [3.05, 3.63) is 11.6 Å². The summed E-state index contributed by atoms with van der Waals surface area (Å²) in [5, 5.41) is 0. The molecule has 0 aromatic rings. The molecule has 0 aliphatic heterocycles. The molecule has 64 valence electrons. The van der Waals surface area contributed by atoms with Gasteiger partial charge in [-0.2, -0.15) is 0 Å². The van der Waals surface area contributed by atoms with E-state index in [4.69, 9.17) is 0 Å². The summed E-state index contributed by atoms with van der Waals surface area (Å²) in [4.78, 5) is 11.2. The molecule has 0 aromatic heterocycles. The lowest BCUT2D eigenvalue weighted by molar-refractivity contribution is -0.117. The van der Waals surface area contributed by atoms with E-state index in [9.17, 15) is 4.79 Å². The van der Waals surface area contributed by atoms with Gasteiger partial charge in [0.2, 0.25) is 0 Å². The fourth-order valence-corrected chi connectivity index (χ4v) is 3.43. The summed E-state index contributed by atoms with van der Waals surface area (Å²) in [5.41, 5.74) is 1.66. The van der Waals surface area contributed by atoms with Gasteiger partial charge in [0.1, 0.15) is 5.78 Å². The Morgan fingerprint density at radius 2 is 2.25 bits per heavy atom. The quantitative estimate of drug-likeness (QED) is 0.499. The van der Waals surface area contributed by atoms with Crippen molar-refractivity contribution in [2.45, 2.75) is 32.1 Å². The highest BCUT2D eigenvalue weighted by molar-refractivity contribution is 5.82. The summed E-state index contributed by atoms with van der Waals surface area (Å²) >= 11 is 0. The van der Waals surface area contributed by atoms with Crippen LogP contribution in [0.1, 0.15) is 32.1 Å². The third kappa shape index (κ3) is 0.769. The van der Waals surface area contributed by atoms with Gasteiger partial charge in [0.15, 0.2) is 0 Å². The number of ketones is 1. The van der Waals surface area contributed by atoms with Crippen molar-refractivity contribution in [3.8, 4) is 0 Å². The monoisotopic (exact) mass is 162 g/mol. The molecule has 3 aliphatic rings. The SMILES string of the molecule is O=C1C[C@H]2C[C@@H]3CCC=C3[C@H]2C1. The van der Waals surface area contributed by atoms with E-state index in [1.165, 1.54) is 19.3 Å². The predicted octanol–water partition coefficient (Wildman–Crippen LogP) is 2.32. The summed E-state index contributed by atoms with van der Waals surface area (Å²) in [6, 6.07) is 0. The van der Waals surface area contributed by atoms with Crippen molar-refractivity contribution in [1.82, 2.24) is 0 Å². The van der Waals surface area contributed by atoms with Gasteiger partial charge in [-0.1, -0.05) is 11.6 Å². The van der Waals surface area contributed by atoms with E-state index in [-0.39, 0.29) is 0 Å². The van der Waals surface area contributed by atoms with Gasteiger partial charge in [0.05, 0.1) is 0 Å². The highest BCUT2D eigenvalue weighted by Gasteiger charge is 2.45. The number of fused-ring (bicyclic) bond motifs is 3. The van der Waals surface area contributed by atoms with Crippen LogP contribution in [-0.4, -0.2) is 5.78 Å². The molecule has 0 amide bonds.